The van der Waals surface area contributed by atoms with Crippen LogP contribution in [0.25, 0.3) is 22.3 Å². The Bertz CT molecular complexity index is 782. The van der Waals surface area contributed by atoms with Crippen molar-refractivity contribution in [3.05, 3.63) is 36.3 Å². The summed E-state index contributed by atoms with van der Waals surface area (Å²) in [6.07, 6.45) is -1.73. The summed E-state index contributed by atoms with van der Waals surface area (Å²) in [5, 5.41) is 16.8. The van der Waals surface area contributed by atoms with Crippen molar-refractivity contribution in [3.8, 4) is 17.0 Å². The molecule has 8 heteroatoms. The largest absolute Gasteiger partial charge is 0.507 e. The van der Waals surface area contributed by atoms with E-state index in [0.29, 0.717) is 22.8 Å². The van der Waals surface area contributed by atoms with E-state index in [1.54, 1.807) is 0 Å². The molecule has 2 N–H and O–H groups in total. The molecule has 2 heterocycles. The van der Waals surface area contributed by atoms with Crippen molar-refractivity contribution in [2.24, 2.45) is 0 Å². The van der Waals surface area contributed by atoms with Gasteiger partial charge in [0.15, 0.2) is 5.65 Å². The molecule has 3 aromatic rings. The van der Waals surface area contributed by atoms with Gasteiger partial charge in [-0.05, 0) is 18.2 Å². The Morgan fingerprint density at radius 2 is 2.00 bits per heavy atom. The molecule has 0 amide bonds. The van der Waals surface area contributed by atoms with E-state index < -0.39 is 17.5 Å². The van der Waals surface area contributed by atoms with E-state index in [-0.39, 0.29) is 5.56 Å². The number of benzene rings is 1. The molecule has 0 unspecified atom stereocenters. The predicted molar refractivity (Wildman–Crippen MR) is 63.8 cm³/mol. The first-order chi connectivity index (χ1) is 9.47. The third kappa shape index (κ3) is 1.94. The van der Waals surface area contributed by atoms with Gasteiger partial charge in [-0.2, -0.15) is 18.3 Å². The van der Waals surface area contributed by atoms with Gasteiger partial charge in [0.1, 0.15) is 12.1 Å². The number of nitrogens with zero attached hydrogens (tertiary/aromatic N) is 3. The minimum absolute atomic E-state index is 0.204. The molecular formula is C12H7F3N4O. The highest BCUT2D eigenvalue weighted by molar-refractivity contribution is 5.91. The average Bonchev–Trinajstić information content (AvgIpc) is 2.81. The third-order valence-corrected chi connectivity index (χ3v) is 2.83. The lowest BCUT2D eigenvalue weighted by Gasteiger charge is -2.09. The van der Waals surface area contributed by atoms with Crippen molar-refractivity contribution in [2.45, 2.75) is 6.18 Å². The lowest BCUT2D eigenvalue weighted by Crippen LogP contribution is -2.04. The fourth-order valence-electron chi connectivity index (χ4n) is 1.88. The molecular weight excluding hydrogens is 273 g/mol. The van der Waals surface area contributed by atoms with Crippen LogP contribution in [0.1, 0.15) is 5.56 Å². The number of aromatic amines is 1. The molecule has 0 spiro atoms. The fourth-order valence-corrected chi connectivity index (χ4v) is 1.88. The van der Waals surface area contributed by atoms with Crippen LogP contribution in [0, 0.1) is 0 Å². The molecule has 2 aromatic heterocycles. The zero-order valence-electron chi connectivity index (χ0n) is 9.81. The summed E-state index contributed by atoms with van der Waals surface area (Å²) in [4.78, 5) is 7.72. The molecule has 0 aliphatic rings. The molecule has 5 nitrogen and oxygen atoms in total. The van der Waals surface area contributed by atoms with Crippen LogP contribution in [-0.4, -0.2) is 25.3 Å². The Balaban J connectivity index is 2.16. The summed E-state index contributed by atoms with van der Waals surface area (Å²) in [5.74, 6) is -0.491. The summed E-state index contributed by atoms with van der Waals surface area (Å²) in [6, 6.07) is 2.75. The van der Waals surface area contributed by atoms with Gasteiger partial charge in [0.25, 0.3) is 0 Å². The van der Waals surface area contributed by atoms with Crippen LogP contribution in [0.2, 0.25) is 0 Å². The molecule has 1 aromatic carbocycles. The molecule has 0 saturated heterocycles. The van der Waals surface area contributed by atoms with Crippen LogP contribution in [-0.2, 0) is 6.18 Å². The number of halogens is 3. The van der Waals surface area contributed by atoms with E-state index in [1.165, 1.54) is 18.6 Å². The Morgan fingerprint density at radius 3 is 2.70 bits per heavy atom. The van der Waals surface area contributed by atoms with Gasteiger partial charge in [-0.25, -0.2) is 9.97 Å². The lowest BCUT2D eigenvalue weighted by atomic mass is 10.1. The van der Waals surface area contributed by atoms with Crippen LogP contribution in [0.4, 0.5) is 13.2 Å². The van der Waals surface area contributed by atoms with Crippen molar-refractivity contribution in [3.63, 3.8) is 0 Å². The van der Waals surface area contributed by atoms with E-state index in [4.69, 9.17) is 0 Å². The maximum atomic E-state index is 12.5. The van der Waals surface area contributed by atoms with Crippen molar-refractivity contribution >= 4 is 11.0 Å². The highest BCUT2D eigenvalue weighted by Gasteiger charge is 2.31. The summed E-state index contributed by atoms with van der Waals surface area (Å²) in [6.45, 7) is 0. The summed E-state index contributed by atoms with van der Waals surface area (Å²) in [5.41, 5.74) is 0.0234. The normalized spacial score (nSPS) is 11.9. The maximum Gasteiger partial charge on any atom is 0.416 e. The molecule has 102 valence electrons. The first-order valence-corrected chi connectivity index (χ1v) is 5.51. The number of hydrogen-bond acceptors (Lipinski definition) is 4. The number of aromatic nitrogens is 4. The van der Waals surface area contributed by atoms with E-state index >= 15 is 0 Å². The first kappa shape index (κ1) is 12.4. The molecule has 0 saturated carbocycles. The standard InChI is InChI=1S/C12H7F3N4O/c13-12(14,15)6-1-2-7(9(20)3-6)10-8-4-16-5-17-11(8)19-18-10/h1-5,20H,(H,16,17,18,19). The average molecular weight is 280 g/mol. The van der Waals surface area contributed by atoms with Gasteiger partial charge in [0.05, 0.1) is 16.6 Å². The molecule has 0 aliphatic heterocycles. The second-order valence-corrected chi connectivity index (χ2v) is 4.09. The van der Waals surface area contributed by atoms with E-state index in [2.05, 4.69) is 20.2 Å². The van der Waals surface area contributed by atoms with E-state index in [0.717, 1.165) is 6.07 Å². The highest BCUT2D eigenvalue weighted by atomic mass is 19.4. The molecule has 0 aliphatic carbocycles. The van der Waals surface area contributed by atoms with Gasteiger partial charge >= 0.3 is 6.18 Å². The number of aromatic hydroxyl groups is 1. The van der Waals surface area contributed by atoms with Gasteiger partial charge in [0, 0.05) is 11.8 Å². The van der Waals surface area contributed by atoms with Gasteiger partial charge < -0.3 is 5.11 Å². The summed E-state index contributed by atoms with van der Waals surface area (Å²) in [7, 11) is 0. The Morgan fingerprint density at radius 1 is 1.20 bits per heavy atom. The smallest absolute Gasteiger partial charge is 0.416 e. The lowest BCUT2D eigenvalue weighted by molar-refractivity contribution is -0.137. The Hall–Kier alpha value is -2.64. The monoisotopic (exact) mass is 280 g/mol. The van der Waals surface area contributed by atoms with Crippen LogP contribution >= 0.6 is 0 Å². The SMILES string of the molecule is Oc1cc(C(F)(F)F)ccc1-c1[nH]nc2ncncc12. The number of H-pyrrole nitrogens is 1. The minimum Gasteiger partial charge on any atom is -0.507 e. The summed E-state index contributed by atoms with van der Waals surface area (Å²) >= 11 is 0. The zero-order valence-corrected chi connectivity index (χ0v) is 9.81. The number of rotatable bonds is 1. The number of fused-ring (bicyclic) bond motifs is 1. The number of alkyl halides is 3. The number of phenols is 1. The molecule has 3 rings (SSSR count). The first-order valence-electron chi connectivity index (χ1n) is 5.51. The third-order valence-electron chi connectivity index (χ3n) is 2.83. The predicted octanol–water partition coefficient (Wildman–Crippen LogP) is 2.74. The molecule has 0 fully saturated rings. The van der Waals surface area contributed by atoms with Crippen LogP contribution in [0.5, 0.6) is 5.75 Å². The number of phenolic OH excluding ortho intramolecular Hbond substituents is 1. The van der Waals surface area contributed by atoms with Gasteiger partial charge in [0.2, 0.25) is 0 Å². The maximum absolute atomic E-state index is 12.5. The van der Waals surface area contributed by atoms with Crippen molar-refractivity contribution in [1.82, 2.24) is 20.2 Å². The van der Waals surface area contributed by atoms with Crippen molar-refractivity contribution in [2.75, 3.05) is 0 Å². The fraction of sp³-hybridized carbons (Fsp3) is 0.0833. The highest BCUT2D eigenvalue weighted by Crippen LogP contribution is 2.37. The van der Waals surface area contributed by atoms with Gasteiger partial charge in [-0.3, -0.25) is 5.10 Å². The Kier molecular flexibility index (Phi) is 2.60. The number of hydrogen-bond donors (Lipinski definition) is 2. The minimum atomic E-state index is -4.50. The Labute approximate surface area is 110 Å². The number of nitrogens with one attached hydrogen (secondary N) is 1. The van der Waals surface area contributed by atoms with Crippen molar-refractivity contribution < 1.29 is 18.3 Å². The molecule has 0 radical (unpaired) electrons. The van der Waals surface area contributed by atoms with E-state index in [1.807, 2.05) is 0 Å². The van der Waals surface area contributed by atoms with Crippen LogP contribution in [0.15, 0.2) is 30.7 Å². The molecule has 0 atom stereocenters. The quantitative estimate of drug-likeness (QED) is 0.718. The van der Waals surface area contributed by atoms with E-state index in [9.17, 15) is 18.3 Å². The molecule has 20 heavy (non-hydrogen) atoms. The zero-order chi connectivity index (χ0) is 14.3. The van der Waals surface area contributed by atoms with Crippen molar-refractivity contribution in [1.29, 1.82) is 0 Å². The summed E-state index contributed by atoms with van der Waals surface area (Å²) < 4.78 is 37.6. The van der Waals surface area contributed by atoms with Gasteiger partial charge in [-0.1, -0.05) is 0 Å². The van der Waals surface area contributed by atoms with Crippen LogP contribution in [0.3, 0.4) is 0 Å². The topological polar surface area (TPSA) is 74.7 Å². The van der Waals surface area contributed by atoms with Crippen LogP contribution < -0.4 is 0 Å². The second-order valence-electron chi connectivity index (χ2n) is 4.09. The molecule has 0 bridgehead atoms. The second kappa shape index (κ2) is 4.19. The van der Waals surface area contributed by atoms with Gasteiger partial charge in [-0.15, -0.1) is 0 Å².